The van der Waals surface area contributed by atoms with E-state index in [-0.39, 0.29) is 0 Å². The van der Waals surface area contributed by atoms with Gasteiger partial charge in [-0.1, -0.05) is 157 Å². The SMILES string of the molecule is C1=CC2=CC=C(c3cc4c(c5ccccc35)CC3=C4C=C(c4ccc(-c5cc(-c6ccccc6)nc(-c6ccccc6)n5)cc4)CC3)CC2C=C1. The first-order chi connectivity index (χ1) is 25.2. The second-order valence-electron chi connectivity index (χ2n) is 14.0. The monoisotopic (exact) mass is 652 g/mol. The fraction of sp³-hybridized carbons (Fsp3) is 0.102. The summed E-state index contributed by atoms with van der Waals surface area (Å²) in [7, 11) is 0. The van der Waals surface area contributed by atoms with Gasteiger partial charge in [0.2, 0.25) is 0 Å². The highest BCUT2D eigenvalue weighted by molar-refractivity contribution is 6.04. The van der Waals surface area contributed by atoms with E-state index in [1.807, 2.05) is 24.3 Å². The minimum absolute atomic E-state index is 0.457. The van der Waals surface area contributed by atoms with Crippen LogP contribution in [0.15, 0.2) is 175 Å². The quantitative estimate of drug-likeness (QED) is 0.185. The van der Waals surface area contributed by atoms with Crippen molar-refractivity contribution >= 4 is 27.5 Å². The zero-order valence-electron chi connectivity index (χ0n) is 28.4. The van der Waals surface area contributed by atoms with Crippen LogP contribution in [-0.4, -0.2) is 9.97 Å². The topological polar surface area (TPSA) is 25.8 Å². The first kappa shape index (κ1) is 29.8. The highest BCUT2D eigenvalue weighted by Gasteiger charge is 2.28. The minimum Gasteiger partial charge on any atom is -0.228 e. The molecular weight excluding hydrogens is 617 g/mol. The van der Waals surface area contributed by atoms with Crippen molar-refractivity contribution in [2.75, 3.05) is 0 Å². The van der Waals surface area contributed by atoms with Gasteiger partial charge >= 0.3 is 0 Å². The molecule has 1 heterocycles. The summed E-state index contributed by atoms with van der Waals surface area (Å²) < 4.78 is 0. The van der Waals surface area contributed by atoms with Gasteiger partial charge in [0.25, 0.3) is 0 Å². The maximum atomic E-state index is 5.06. The maximum absolute atomic E-state index is 5.06. The molecule has 6 aromatic rings. The Morgan fingerprint density at radius 1 is 0.549 bits per heavy atom. The number of hydrogen-bond donors (Lipinski definition) is 0. The third-order valence-corrected chi connectivity index (χ3v) is 11.0. The van der Waals surface area contributed by atoms with Crippen LogP contribution in [0, 0.1) is 5.92 Å². The highest BCUT2D eigenvalue weighted by Crippen LogP contribution is 2.48. The molecule has 4 aliphatic rings. The van der Waals surface area contributed by atoms with Gasteiger partial charge in [0.05, 0.1) is 11.4 Å². The molecule has 2 nitrogen and oxygen atoms in total. The zero-order chi connectivity index (χ0) is 33.7. The molecule has 0 spiro atoms. The lowest BCUT2D eigenvalue weighted by Gasteiger charge is -2.24. The van der Waals surface area contributed by atoms with E-state index in [0.717, 1.165) is 59.6 Å². The zero-order valence-corrected chi connectivity index (χ0v) is 28.4. The van der Waals surface area contributed by atoms with Crippen LogP contribution in [0.1, 0.15) is 41.5 Å². The summed E-state index contributed by atoms with van der Waals surface area (Å²) in [6.07, 6.45) is 20.4. The second-order valence-corrected chi connectivity index (χ2v) is 14.0. The van der Waals surface area contributed by atoms with Crippen molar-refractivity contribution < 1.29 is 0 Å². The van der Waals surface area contributed by atoms with E-state index in [4.69, 9.17) is 9.97 Å². The largest absolute Gasteiger partial charge is 0.228 e. The maximum Gasteiger partial charge on any atom is 0.160 e. The van der Waals surface area contributed by atoms with Crippen LogP contribution in [0.4, 0.5) is 0 Å². The standard InChI is InChI=1S/C49H36N2/c1-3-12-34(13-4-1)47-31-48(51-49(50-47)36-14-5-2-6-15-36)35-22-19-33(20-23-35)38-24-26-40-29-45-42-18-10-9-17-41(42)44(30-46(45)43(40)28-38)39-25-21-32-11-7-8-16-37(32)27-39/h1-23,25,28,30-31,37H,24,26-27,29H2. The van der Waals surface area contributed by atoms with Crippen molar-refractivity contribution in [3.63, 3.8) is 0 Å². The average molecular weight is 653 g/mol. The summed E-state index contributed by atoms with van der Waals surface area (Å²) in [5, 5.41) is 2.79. The van der Waals surface area contributed by atoms with Crippen LogP contribution in [0.25, 0.3) is 61.4 Å². The number of hydrogen-bond acceptors (Lipinski definition) is 2. The van der Waals surface area contributed by atoms with Gasteiger partial charge in [-0.15, -0.1) is 0 Å². The molecule has 10 rings (SSSR count). The summed E-state index contributed by atoms with van der Waals surface area (Å²) >= 11 is 0. The molecule has 1 unspecified atom stereocenters. The Labute approximate surface area is 299 Å². The Kier molecular flexibility index (Phi) is 7.20. The summed E-state index contributed by atoms with van der Waals surface area (Å²) in [5.41, 5.74) is 17.9. The fourth-order valence-corrected chi connectivity index (χ4v) is 8.38. The Bertz CT molecular complexity index is 2480. The Morgan fingerprint density at radius 3 is 2.02 bits per heavy atom. The van der Waals surface area contributed by atoms with E-state index in [9.17, 15) is 0 Å². The van der Waals surface area contributed by atoms with Crippen LogP contribution >= 0.6 is 0 Å². The smallest absolute Gasteiger partial charge is 0.160 e. The number of fused-ring (bicyclic) bond motifs is 5. The molecule has 2 heteroatoms. The Balaban J connectivity index is 1.01. The molecule has 0 amide bonds. The molecule has 0 fully saturated rings. The Hall–Kier alpha value is -6.12. The molecule has 242 valence electrons. The summed E-state index contributed by atoms with van der Waals surface area (Å²) in [6.45, 7) is 0. The Morgan fingerprint density at radius 2 is 1.24 bits per heavy atom. The van der Waals surface area contributed by atoms with E-state index in [0.29, 0.717) is 5.92 Å². The van der Waals surface area contributed by atoms with Crippen LogP contribution in [0.5, 0.6) is 0 Å². The lowest BCUT2D eigenvalue weighted by atomic mass is 9.80. The molecule has 1 aromatic heterocycles. The summed E-state index contributed by atoms with van der Waals surface area (Å²) in [4.78, 5) is 10.0. The number of aromatic nitrogens is 2. The highest BCUT2D eigenvalue weighted by atomic mass is 14.9. The molecule has 1 atom stereocenters. The normalized spacial score (nSPS) is 17.4. The van der Waals surface area contributed by atoms with Crippen molar-refractivity contribution in [3.8, 4) is 33.9 Å². The van der Waals surface area contributed by atoms with Crippen LogP contribution in [0.3, 0.4) is 0 Å². The van der Waals surface area contributed by atoms with Crippen LogP contribution in [0.2, 0.25) is 0 Å². The van der Waals surface area contributed by atoms with Crippen molar-refractivity contribution in [2.45, 2.75) is 25.7 Å². The van der Waals surface area contributed by atoms with Crippen molar-refractivity contribution in [3.05, 3.63) is 197 Å². The van der Waals surface area contributed by atoms with E-state index >= 15 is 0 Å². The lowest BCUT2D eigenvalue weighted by molar-refractivity contribution is 0.793. The van der Waals surface area contributed by atoms with Gasteiger partial charge < -0.3 is 0 Å². The molecule has 5 aromatic carbocycles. The van der Waals surface area contributed by atoms with Crippen molar-refractivity contribution in [1.82, 2.24) is 9.97 Å². The van der Waals surface area contributed by atoms with Crippen molar-refractivity contribution in [2.24, 2.45) is 5.92 Å². The molecule has 51 heavy (non-hydrogen) atoms. The van der Waals surface area contributed by atoms with Crippen molar-refractivity contribution in [1.29, 1.82) is 0 Å². The number of benzene rings is 5. The van der Waals surface area contributed by atoms with Gasteiger partial charge in [-0.25, -0.2) is 9.97 Å². The predicted molar refractivity (Wildman–Crippen MR) is 213 cm³/mol. The number of rotatable bonds is 5. The molecule has 0 saturated heterocycles. The van der Waals surface area contributed by atoms with Gasteiger partial charge in [-0.2, -0.15) is 0 Å². The van der Waals surface area contributed by atoms with Gasteiger partial charge in [-0.3, -0.25) is 0 Å². The third-order valence-electron chi connectivity index (χ3n) is 11.0. The predicted octanol–water partition coefficient (Wildman–Crippen LogP) is 12.3. The first-order valence-electron chi connectivity index (χ1n) is 18.1. The summed E-state index contributed by atoms with van der Waals surface area (Å²) in [6, 6.07) is 43.4. The minimum atomic E-state index is 0.457. The van der Waals surface area contributed by atoms with E-state index in [2.05, 4.69) is 140 Å². The molecule has 0 aliphatic heterocycles. The summed E-state index contributed by atoms with van der Waals surface area (Å²) in [5.74, 6) is 1.20. The van der Waals surface area contributed by atoms with Crippen LogP contribution in [-0.2, 0) is 6.42 Å². The van der Waals surface area contributed by atoms with Gasteiger partial charge in [0.1, 0.15) is 0 Å². The van der Waals surface area contributed by atoms with Gasteiger partial charge in [0, 0.05) is 22.6 Å². The number of nitrogens with zero attached hydrogens (tertiary/aromatic N) is 2. The number of allylic oxidation sites excluding steroid dienone is 12. The van der Waals surface area contributed by atoms with E-state index < -0.39 is 0 Å². The fourth-order valence-electron chi connectivity index (χ4n) is 8.38. The van der Waals surface area contributed by atoms with Gasteiger partial charge in [-0.05, 0) is 93.1 Å². The molecule has 0 bridgehead atoms. The molecule has 0 saturated carbocycles. The molecule has 4 aliphatic carbocycles. The first-order valence-corrected chi connectivity index (χ1v) is 18.1. The van der Waals surface area contributed by atoms with E-state index in [1.54, 1.807) is 5.57 Å². The van der Waals surface area contributed by atoms with Gasteiger partial charge in [0.15, 0.2) is 5.82 Å². The third kappa shape index (κ3) is 5.36. The second kappa shape index (κ2) is 12.3. The average Bonchev–Trinajstić information content (AvgIpc) is 3.59. The molecule has 0 N–H and O–H groups in total. The lowest BCUT2D eigenvalue weighted by Crippen LogP contribution is -2.07. The molecule has 0 radical (unpaired) electrons. The van der Waals surface area contributed by atoms with Crippen LogP contribution < -0.4 is 0 Å². The molecular formula is C49H36N2. The van der Waals surface area contributed by atoms with E-state index in [1.165, 1.54) is 55.3 Å².